The Kier molecular flexibility index (Phi) is 9.01. The van der Waals surface area contributed by atoms with E-state index in [-0.39, 0.29) is 18.9 Å². The average Bonchev–Trinajstić information content (AvgIpc) is 2.74. The number of hydrazone groups is 1. The van der Waals surface area contributed by atoms with E-state index in [0.29, 0.717) is 18.0 Å². The molecule has 0 aromatic heterocycles. The summed E-state index contributed by atoms with van der Waals surface area (Å²) < 4.78 is 4.77. The molecule has 0 spiro atoms. The van der Waals surface area contributed by atoms with Crippen LogP contribution in [0.15, 0.2) is 59.7 Å². The molecule has 4 N–H and O–H groups in total. The first kappa shape index (κ1) is 22.6. The van der Waals surface area contributed by atoms with Gasteiger partial charge in [-0.15, -0.1) is 0 Å². The number of hydrogen-bond acceptors (Lipinski definition) is 6. The number of rotatable bonds is 9. The molecule has 2 aromatic carbocycles. The minimum atomic E-state index is -0.910. The number of nitrogens with one attached hydrogen (secondary N) is 4. The van der Waals surface area contributed by atoms with Gasteiger partial charge < -0.3 is 20.7 Å². The predicted molar refractivity (Wildman–Crippen MR) is 116 cm³/mol. The zero-order valence-corrected chi connectivity index (χ0v) is 16.9. The van der Waals surface area contributed by atoms with Crippen LogP contribution in [0.3, 0.4) is 0 Å². The second-order valence-electron chi connectivity index (χ2n) is 6.33. The lowest BCUT2D eigenvalue weighted by molar-refractivity contribution is -0.139. The van der Waals surface area contributed by atoms with Crippen LogP contribution < -0.4 is 21.4 Å². The summed E-state index contributed by atoms with van der Waals surface area (Å²) in [5, 5.41) is 12.2. The van der Waals surface area contributed by atoms with Gasteiger partial charge in [0.25, 0.3) is 0 Å². The van der Waals surface area contributed by atoms with Gasteiger partial charge in [0, 0.05) is 36.4 Å². The van der Waals surface area contributed by atoms with Crippen LogP contribution in [0.5, 0.6) is 0 Å². The molecule has 0 unspecified atom stereocenters. The van der Waals surface area contributed by atoms with Crippen molar-refractivity contribution < 1.29 is 19.1 Å². The third kappa shape index (κ3) is 8.11. The van der Waals surface area contributed by atoms with Gasteiger partial charge in [0.1, 0.15) is 0 Å². The maximum atomic E-state index is 12.1. The summed E-state index contributed by atoms with van der Waals surface area (Å²) in [7, 11) is 1.49. The van der Waals surface area contributed by atoms with Crippen molar-refractivity contribution in [1.82, 2.24) is 10.7 Å². The lowest BCUT2D eigenvalue weighted by Crippen LogP contribution is -2.39. The van der Waals surface area contributed by atoms with Crippen LogP contribution in [0.4, 0.5) is 17.1 Å². The zero-order chi connectivity index (χ0) is 21.8. The highest BCUT2D eigenvalue weighted by molar-refractivity contribution is 6.35. The van der Waals surface area contributed by atoms with Gasteiger partial charge in [-0.1, -0.05) is 18.2 Å². The highest BCUT2D eigenvalue weighted by atomic mass is 16.5. The van der Waals surface area contributed by atoms with E-state index in [9.17, 15) is 14.4 Å². The second kappa shape index (κ2) is 12.0. The molecule has 0 heterocycles. The van der Waals surface area contributed by atoms with Crippen LogP contribution >= 0.6 is 0 Å². The molecule has 0 aliphatic heterocycles. The minimum Gasteiger partial charge on any atom is -0.383 e. The van der Waals surface area contributed by atoms with E-state index in [1.54, 1.807) is 19.1 Å². The molecule has 0 fully saturated rings. The second-order valence-corrected chi connectivity index (χ2v) is 6.33. The van der Waals surface area contributed by atoms with Crippen molar-refractivity contribution in [1.29, 1.82) is 0 Å². The molecule has 158 valence electrons. The van der Waals surface area contributed by atoms with Crippen LogP contribution in [0, 0.1) is 0 Å². The van der Waals surface area contributed by atoms with Crippen molar-refractivity contribution >= 4 is 40.5 Å². The Balaban J connectivity index is 1.78. The molecular formula is C21H25N5O4. The van der Waals surface area contributed by atoms with Gasteiger partial charge in [-0.25, -0.2) is 5.43 Å². The summed E-state index contributed by atoms with van der Waals surface area (Å²) in [6.45, 7) is 2.09. The largest absolute Gasteiger partial charge is 0.383 e. The van der Waals surface area contributed by atoms with Gasteiger partial charge >= 0.3 is 11.8 Å². The van der Waals surface area contributed by atoms with Crippen molar-refractivity contribution in [3.63, 3.8) is 0 Å². The molecule has 3 amide bonds. The third-order valence-electron chi connectivity index (χ3n) is 3.79. The topological polar surface area (TPSA) is 121 Å². The molecule has 2 aromatic rings. The molecule has 0 aliphatic rings. The number of methoxy groups -OCH3 is 1. The average molecular weight is 411 g/mol. The van der Waals surface area contributed by atoms with Gasteiger partial charge in [0.2, 0.25) is 5.91 Å². The summed E-state index contributed by atoms with van der Waals surface area (Å²) in [6.07, 6.45) is -0.0322. The fourth-order valence-corrected chi connectivity index (χ4v) is 2.35. The number of para-hydroxylation sites is 1. The quantitative estimate of drug-likeness (QED) is 0.218. The standard InChI is InChI=1S/C21H25N5O4/c1-15(25-26-21(29)20(28)22-12-13-30-2)14-19(27)24-18-10-8-17(9-11-18)23-16-6-4-3-5-7-16/h3-11,23H,12-14H2,1-2H3,(H,22,28)(H,24,27)(H,26,29). The van der Waals surface area contributed by atoms with E-state index < -0.39 is 11.8 Å². The molecule has 0 saturated heterocycles. The SMILES string of the molecule is COCCNC(=O)C(=O)NN=C(C)CC(=O)Nc1ccc(Nc2ccccc2)cc1. The summed E-state index contributed by atoms with van der Waals surface area (Å²) in [5.74, 6) is -2.02. The van der Waals surface area contributed by atoms with Crippen molar-refractivity contribution in [3.05, 3.63) is 54.6 Å². The number of amides is 3. The molecule has 30 heavy (non-hydrogen) atoms. The van der Waals surface area contributed by atoms with Gasteiger partial charge in [-0.2, -0.15) is 5.10 Å². The Morgan fingerprint density at radius 3 is 2.20 bits per heavy atom. The predicted octanol–water partition coefficient (Wildman–Crippen LogP) is 2.01. The number of nitrogens with zero attached hydrogens (tertiary/aromatic N) is 1. The van der Waals surface area contributed by atoms with E-state index in [4.69, 9.17) is 4.74 Å². The first-order chi connectivity index (χ1) is 14.5. The summed E-state index contributed by atoms with van der Waals surface area (Å²) in [5.41, 5.74) is 4.96. The molecule has 0 aliphatic carbocycles. The summed E-state index contributed by atoms with van der Waals surface area (Å²) in [6, 6.07) is 17.0. The maximum absolute atomic E-state index is 12.1. The first-order valence-corrected chi connectivity index (χ1v) is 9.30. The van der Waals surface area contributed by atoms with E-state index in [2.05, 4.69) is 26.5 Å². The number of carbonyl (C=O) groups excluding carboxylic acids is 3. The Morgan fingerprint density at radius 1 is 0.900 bits per heavy atom. The Hall–Kier alpha value is -3.72. The highest BCUT2D eigenvalue weighted by Gasteiger charge is 2.12. The van der Waals surface area contributed by atoms with Gasteiger partial charge in [0.15, 0.2) is 0 Å². The van der Waals surface area contributed by atoms with Crippen molar-refractivity contribution in [2.75, 3.05) is 30.9 Å². The van der Waals surface area contributed by atoms with E-state index in [1.165, 1.54) is 7.11 Å². The molecule has 0 saturated carbocycles. The van der Waals surface area contributed by atoms with Crippen LogP contribution in [0.1, 0.15) is 13.3 Å². The Morgan fingerprint density at radius 2 is 1.53 bits per heavy atom. The fourth-order valence-electron chi connectivity index (χ4n) is 2.35. The number of carbonyl (C=O) groups is 3. The van der Waals surface area contributed by atoms with Crippen LogP contribution in [0.25, 0.3) is 0 Å². The molecule has 2 rings (SSSR count). The normalized spacial score (nSPS) is 10.8. The van der Waals surface area contributed by atoms with Gasteiger partial charge in [0.05, 0.1) is 13.0 Å². The molecule has 0 radical (unpaired) electrons. The summed E-state index contributed by atoms with van der Waals surface area (Å²) >= 11 is 0. The molecule has 0 bridgehead atoms. The van der Waals surface area contributed by atoms with Gasteiger partial charge in [-0.3, -0.25) is 14.4 Å². The van der Waals surface area contributed by atoms with E-state index >= 15 is 0 Å². The monoisotopic (exact) mass is 411 g/mol. The number of ether oxygens (including phenoxy) is 1. The van der Waals surface area contributed by atoms with Crippen LogP contribution in [-0.2, 0) is 19.1 Å². The zero-order valence-electron chi connectivity index (χ0n) is 16.9. The van der Waals surface area contributed by atoms with Gasteiger partial charge in [-0.05, 0) is 43.3 Å². The van der Waals surface area contributed by atoms with Crippen molar-refractivity contribution in [2.24, 2.45) is 5.10 Å². The Labute approximate surface area is 174 Å². The minimum absolute atomic E-state index is 0.0322. The highest BCUT2D eigenvalue weighted by Crippen LogP contribution is 2.18. The molecule has 9 nitrogen and oxygen atoms in total. The smallest absolute Gasteiger partial charge is 0.329 e. The number of anilines is 3. The van der Waals surface area contributed by atoms with Crippen molar-refractivity contribution in [3.8, 4) is 0 Å². The summed E-state index contributed by atoms with van der Waals surface area (Å²) in [4.78, 5) is 35.2. The first-order valence-electron chi connectivity index (χ1n) is 9.30. The maximum Gasteiger partial charge on any atom is 0.329 e. The van der Waals surface area contributed by atoms with E-state index in [0.717, 1.165) is 11.4 Å². The van der Waals surface area contributed by atoms with Crippen LogP contribution in [0.2, 0.25) is 0 Å². The lowest BCUT2D eigenvalue weighted by atomic mass is 10.2. The number of benzene rings is 2. The fraction of sp³-hybridized carbons (Fsp3) is 0.238. The Bertz CT molecular complexity index is 882. The lowest BCUT2D eigenvalue weighted by Gasteiger charge is -2.09. The number of hydrogen-bond donors (Lipinski definition) is 4. The van der Waals surface area contributed by atoms with Crippen molar-refractivity contribution in [2.45, 2.75) is 13.3 Å². The molecular weight excluding hydrogens is 386 g/mol. The molecule has 0 atom stereocenters. The molecule has 9 heteroatoms. The van der Waals surface area contributed by atoms with E-state index in [1.807, 2.05) is 42.5 Å². The van der Waals surface area contributed by atoms with Crippen LogP contribution in [-0.4, -0.2) is 43.7 Å². The third-order valence-corrected chi connectivity index (χ3v) is 3.79.